The van der Waals surface area contributed by atoms with E-state index in [-0.39, 0.29) is 5.41 Å². The average Bonchev–Trinajstić information content (AvgIpc) is 3.28. The lowest BCUT2D eigenvalue weighted by molar-refractivity contribution is 0.437. The van der Waals surface area contributed by atoms with Crippen LogP contribution in [0.4, 0.5) is 0 Å². The molecule has 2 aromatic rings. The first-order valence-electron chi connectivity index (χ1n) is 6.90. The molecule has 3 heteroatoms. The molecule has 98 valence electrons. The van der Waals surface area contributed by atoms with Crippen molar-refractivity contribution < 1.29 is 0 Å². The molecule has 1 atom stereocenters. The number of likely N-dealkylation sites (N-methyl/N-ethyl adjacent to an activating group) is 1. The first kappa shape index (κ1) is 12.3. The summed E-state index contributed by atoms with van der Waals surface area (Å²) in [6, 6.07) is 11.1. The molecule has 1 aliphatic rings. The van der Waals surface area contributed by atoms with Crippen molar-refractivity contribution in [3.8, 4) is 0 Å². The third-order valence-corrected chi connectivity index (χ3v) is 4.01. The van der Waals surface area contributed by atoms with Crippen LogP contribution in [-0.2, 0) is 5.41 Å². The molecule has 3 rings (SSSR count). The molecule has 1 aliphatic carbocycles. The molecule has 1 fully saturated rings. The van der Waals surface area contributed by atoms with E-state index < -0.39 is 0 Å². The van der Waals surface area contributed by atoms with Crippen molar-refractivity contribution in [2.75, 3.05) is 6.54 Å². The molecule has 0 aliphatic heterocycles. The fourth-order valence-corrected chi connectivity index (χ4v) is 2.94. The summed E-state index contributed by atoms with van der Waals surface area (Å²) in [6.45, 7) is 3.10. The summed E-state index contributed by atoms with van der Waals surface area (Å²) in [4.78, 5) is 8.34. The van der Waals surface area contributed by atoms with Crippen LogP contribution in [0.2, 0.25) is 0 Å². The number of benzene rings is 1. The predicted octanol–water partition coefficient (Wildman–Crippen LogP) is 2.86. The Morgan fingerprint density at radius 3 is 2.42 bits per heavy atom. The van der Waals surface area contributed by atoms with Crippen molar-refractivity contribution in [1.29, 1.82) is 0 Å². The summed E-state index contributed by atoms with van der Waals surface area (Å²) in [6.07, 6.45) is 7.91. The van der Waals surface area contributed by atoms with Gasteiger partial charge in [0.05, 0.1) is 0 Å². The van der Waals surface area contributed by atoms with Crippen molar-refractivity contribution in [2.24, 2.45) is 0 Å². The summed E-state index contributed by atoms with van der Waals surface area (Å²) in [7, 11) is 0. The van der Waals surface area contributed by atoms with Gasteiger partial charge in [0.25, 0.3) is 0 Å². The van der Waals surface area contributed by atoms with E-state index >= 15 is 0 Å². The van der Waals surface area contributed by atoms with E-state index in [4.69, 9.17) is 0 Å². The predicted molar refractivity (Wildman–Crippen MR) is 75.8 cm³/mol. The normalized spacial score (nSPS) is 17.9. The second-order valence-corrected chi connectivity index (χ2v) is 5.18. The molecule has 1 aromatic heterocycles. The highest BCUT2D eigenvalue weighted by Gasteiger charge is 2.51. The van der Waals surface area contributed by atoms with Gasteiger partial charge < -0.3 is 5.32 Å². The Bertz CT molecular complexity index is 520. The first-order valence-corrected chi connectivity index (χ1v) is 6.90. The highest BCUT2D eigenvalue weighted by molar-refractivity contribution is 5.37. The van der Waals surface area contributed by atoms with E-state index in [0.29, 0.717) is 6.04 Å². The van der Waals surface area contributed by atoms with Crippen LogP contribution >= 0.6 is 0 Å². The SMILES string of the molecule is CCNC(c1cncnc1)C1(c2ccccc2)CC1. The van der Waals surface area contributed by atoms with Crippen LogP contribution in [0.25, 0.3) is 0 Å². The molecule has 0 amide bonds. The van der Waals surface area contributed by atoms with Gasteiger partial charge in [-0.25, -0.2) is 9.97 Å². The third kappa shape index (κ3) is 2.26. The van der Waals surface area contributed by atoms with E-state index in [1.807, 2.05) is 12.4 Å². The van der Waals surface area contributed by atoms with Gasteiger partial charge in [0.1, 0.15) is 6.33 Å². The summed E-state index contributed by atoms with van der Waals surface area (Å²) in [5.41, 5.74) is 2.83. The highest BCUT2D eigenvalue weighted by atomic mass is 15.0. The maximum atomic E-state index is 4.17. The quantitative estimate of drug-likeness (QED) is 0.890. The highest BCUT2D eigenvalue weighted by Crippen LogP contribution is 2.56. The number of hydrogen-bond donors (Lipinski definition) is 1. The number of hydrogen-bond acceptors (Lipinski definition) is 3. The Kier molecular flexibility index (Phi) is 3.30. The van der Waals surface area contributed by atoms with Gasteiger partial charge in [-0.15, -0.1) is 0 Å². The Morgan fingerprint density at radius 1 is 1.16 bits per heavy atom. The Balaban J connectivity index is 1.97. The number of rotatable bonds is 5. The lowest BCUT2D eigenvalue weighted by Crippen LogP contribution is -2.32. The number of aromatic nitrogens is 2. The Hall–Kier alpha value is -1.74. The van der Waals surface area contributed by atoms with Crippen LogP contribution in [0.5, 0.6) is 0 Å². The summed E-state index contributed by atoms with van der Waals surface area (Å²) in [5, 5.41) is 3.62. The van der Waals surface area contributed by atoms with Crippen molar-refractivity contribution in [1.82, 2.24) is 15.3 Å². The first-order chi connectivity index (χ1) is 9.37. The van der Waals surface area contributed by atoms with Gasteiger partial charge in [0, 0.05) is 29.4 Å². The molecule has 0 spiro atoms. The van der Waals surface area contributed by atoms with E-state index in [1.54, 1.807) is 6.33 Å². The lowest BCUT2D eigenvalue weighted by Gasteiger charge is -2.28. The minimum absolute atomic E-state index is 0.224. The van der Waals surface area contributed by atoms with Gasteiger partial charge in [0.2, 0.25) is 0 Å². The standard InChI is InChI=1S/C16H19N3/c1-2-19-15(13-10-17-12-18-11-13)16(8-9-16)14-6-4-3-5-7-14/h3-7,10-12,15,19H,2,8-9H2,1H3. The molecule has 1 heterocycles. The zero-order chi connectivity index (χ0) is 13.1. The van der Waals surface area contributed by atoms with Crippen LogP contribution < -0.4 is 5.32 Å². The molecular weight excluding hydrogens is 234 g/mol. The van der Waals surface area contributed by atoms with Crippen LogP contribution in [-0.4, -0.2) is 16.5 Å². The smallest absolute Gasteiger partial charge is 0.115 e. The van der Waals surface area contributed by atoms with Crippen molar-refractivity contribution in [3.05, 3.63) is 60.2 Å². The number of nitrogens with one attached hydrogen (secondary N) is 1. The zero-order valence-electron chi connectivity index (χ0n) is 11.2. The minimum atomic E-state index is 0.224. The summed E-state index contributed by atoms with van der Waals surface area (Å²) in [5.74, 6) is 0. The van der Waals surface area contributed by atoms with Crippen molar-refractivity contribution in [3.63, 3.8) is 0 Å². The molecule has 3 nitrogen and oxygen atoms in total. The maximum Gasteiger partial charge on any atom is 0.115 e. The van der Waals surface area contributed by atoms with E-state index in [0.717, 1.165) is 6.54 Å². The van der Waals surface area contributed by atoms with Gasteiger partial charge in [-0.05, 0) is 24.9 Å². The van der Waals surface area contributed by atoms with E-state index in [2.05, 4.69) is 52.5 Å². The van der Waals surface area contributed by atoms with Crippen molar-refractivity contribution >= 4 is 0 Å². The molecule has 1 unspecified atom stereocenters. The van der Waals surface area contributed by atoms with Gasteiger partial charge in [-0.2, -0.15) is 0 Å². The van der Waals surface area contributed by atoms with Gasteiger partial charge in [0.15, 0.2) is 0 Å². The Morgan fingerprint density at radius 2 is 1.84 bits per heavy atom. The summed E-state index contributed by atoms with van der Waals surface area (Å²) >= 11 is 0. The monoisotopic (exact) mass is 253 g/mol. The van der Waals surface area contributed by atoms with Crippen LogP contribution in [0.15, 0.2) is 49.1 Å². The average molecular weight is 253 g/mol. The lowest BCUT2D eigenvalue weighted by atomic mass is 9.85. The second kappa shape index (κ2) is 5.10. The molecule has 0 radical (unpaired) electrons. The molecule has 1 N–H and O–H groups in total. The fraction of sp³-hybridized carbons (Fsp3) is 0.375. The Labute approximate surface area is 114 Å². The molecular formula is C16H19N3. The largest absolute Gasteiger partial charge is 0.309 e. The van der Waals surface area contributed by atoms with Gasteiger partial charge in [-0.3, -0.25) is 0 Å². The van der Waals surface area contributed by atoms with E-state index in [9.17, 15) is 0 Å². The van der Waals surface area contributed by atoms with Crippen molar-refractivity contribution in [2.45, 2.75) is 31.2 Å². The van der Waals surface area contributed by atoms with Crippen LogP contribution in [0.3, 0.4) is 0 Å². The fourth-order valence-electron chi connectivity index (χ4n) is 2.94. The molecule has 0 saturated heterocycles. The van der Waals surface area contributed by atoms with Gasteiger partial charge >= 0.3 is 0 Å². The van der Waals surface area contributed by atoms with E-state index in [1.165, 1.54) is 24.0 Å². The minimum Gasteiger partial charge on any atom is -0.309 e. The summed E-state index contributed by atoms with van der Waals surface area (Å²) < 4.78 is 0. The zero-order valence-corrected chi connectivity index (χ0v) is 11.2. The third-order valence-electron chi connectivity index (χ3n) is 4.01. The van der Waals surface area contributed by atoms with Gasteiger partial charge in [-0.1, -0.05) is 37.3 Å². The maximum absolute atomic E-state index is 4.17. The topological polar surface area (TPSA) is 37.8 Å². The second-order valence-electron chi connectivity index (χ2n) is 5.18. The molecule has 0 bridgehead atoms. The number of nitrogens with zero attached hydrogens (tertiary/aromatic N) is 2. The van der Waals surface area contributed by atoms with Crippen LogP contribution in [0.1, 0.15) is 36.9 Å². The molecule has 19 heavy (non-hydrogen) atoms. The molecule has 1 aromatic carbocycles. The van der Waals surface area contributed by atoms with Crippen LogP contribution in [0, 0.1) is 0 Å². The molecule has 1 saturated carbocycles.